The number of hydrogen-bond acceptors (Lipinski definition) is 6. The fourth-order valence-electron chi connectivity index (χ4n) is 3.85. The molecule has 8 nitrogen and oxygen atoms in total. The number of carbonyl (C=O) groups is 1. The van der Waals surface area contributed by atoms with Crippen molar-refractivity contribution in [2.24, 2.45) is 11.8 Å². The third kappa shape index (κ3) is 4.28. The van der Waals surface area contributed by atoms with E-state index in [0.29, 0.717) is 42.2 Å². The van der Waals surface area contributed by atoms with Crippen LogP contribution in [0.3, 0.4) is 0 Å². The Bertz CT molecular complexity index is 893. The second-order valence-corrected chi connectivity index (χ2v) is 7.10. The van der Waals surface area contributed by atoms with E-state index >= 15 is 0 Å². The van der Waals surface area contributed by atoms with Crippen molar-refractivity contribution in [1.82, 2.24) is 10.2 Å². The third-order valence-corrected chi connectivity index (χ3v) is 5.37. The Labute approximate surface area is 174 Å². The summed E-state index contributed by atoms with van der Waals surface area (Å²) in [7, 11) is 1.57. The van der Waals surface area contributed by atoms with Gasteiger partial charge < -0.3 is 19.7 Å². The molecule has 0 saturated carbocycles. The smallest absolute Gasteiger partial charge is 0.270 e. The molecule has 0 bridgehead atoms. The molecule has 2 aliphatic rings. The number of likely N-dealkylation sites (tertiary alicyclic amines) is 1. The van der Waals surface area contributed by atoms with E-state index < -0.39 is 4.92 Å². The van der Waals surface area contributed by atoms with Crippen molar-refractivity contribution in [1.29, 1.82) is 0 Å². The Morgan fingerprint density at radius 1 is 1.10 bits per heavy atom. The average Bonchev–Trinajstić information content (AvgIpc) is 3.30. The molecule has 0 aromatic heterocycles. The molecule has 29 heavy (non-hydrogen) atoms. The number of nitrogens with one attached hydrogen (secondary N) is 1. The molecule has 2 saturated heterocycles. The quantitative estimate of drug-likeness (QED) is 0.591. The number of benzene rings is 2. The van der Waals surface area contributed by atoms with Gasteiger partial charge in [0.15, 0.2) is 0 Å². The van der Waals surface area contributed by atoms with Gasteiger partial charge in [0.2, 0.25) is 0 Å². The minimum absolute atomic E-state index is 0. The van der Waals surface area contributed by atoms with Crippen molar-refractivity contribution >= 4 is 24.0 Å². The van der Waals surface area contributed by atoms with Crippen molar-refractivity contribution in [2.75, 3.05) is 33.3 Å². The van der Waals surface area contributed by atoms with Gasteiger partial charge in [-0.15, -0.1) is 12.4 Å². The lowest BCUT2D eigenvalue weighted by Crippen LogP contribution is -2.32. The van der Waals surface area contributed by atoms with Crippen LogP contribution in [0.4, 0.5) is 5.69 Å². The van der Waals surface area contributed by atoms with Crippen LogP contribution in [0.1, 0.15) is 10.4 Å². The second kappa shape index (κ2) is 8.67. The summed E-state index contributed by atoms with van der Waals surface area (Å²) in [5, 5.41) is 14.6. The summed E-state index contributed by atoms with van der Waals surface area (Å²) < 4.78 is 11.0. The number of ether oxygens (including phenoxy) is 2. The van der Waals surface area contributed by atoms with Crippen molar-refractivity contribution in [3.05, 3.63) is 58.1 Å². The van der Waals surface area contributed by atoms with E-state index in [2.05, 4.69) is 5.32 Å². The summed E-state index contributed by atoms with van der Waals surface area (Å²) in [6.45, 7) is 3.11. The van der Waals surface area contributed by atoms with Gasteiger partial charge >= 0.3 is 0 Å². The molecule has 2 aromatic rings. The van der Waals surface area contributed by atoms with Crippen LogP contribution in [-0.4, -0.2) is 49.0 Å². The lowest BCUT2D eigenvalue weighted by Gasteiger charge is -2.19. The topological polar surface area (TPSA) is 93.9 Å². The van der Waals surface area contributed by atoms with Gasteiger partial charge in [0.25, 0.3) is 11.6 Å². The maximum absolute atomic E-state index is 13.1. The lowest BCUT2D eigenvalue weighted by atomic mass is 10.0. The summed E-state index contributed by atoms with van der Waals surface area (Å²) in [5.41, 5.74) is 0.0736. The van der Waals surface area contributed by atoms with E-state index in [1.807, 2.05) is 0 Å². The number of fused-ring (bicyclic) bond motifs is 1. The second-order valence-electron chi connectivity index (χ2n) is 7.10. The Balaban J connectivity index is 0.00000240. The molecule has 0 aliphatic carbocycles. The number of amides is 1. The number of nitro benzene ring substituents is 1. The molecule has 2 fully saturated rings. The van der Waals surface area contributed by atoms with Crippen LogP contribution in [0.5, 0.6) is 17.2 Å². The standard InChI is InChI=1S/C20H21N3O5.ClH/c1-27-16-3-5-17(6-4-16)28-19-7-2-15(23(25)26)8-18(19)20(24)22-11-13-9-21-10-14(13)12-22;/h2-8,13-14,21H,9-12H2,1H3;1H/t13-,14+;. The zero-order valence-electron chi connectivity index (χ0n) is 15.9. The first-order chi connectivity index (χ1) is 13.5. The highest BCUT2D eigenvalue weighted by molar-refractivity contribution is 5.98. The minimum atomic E-state index is -0.503. The molecule has 154 valence electrons. The van der Waals surface area contributed by atoms with Gasteiger partial charge in [0, 0.05) is 38.3 Å². The van der Waals surface area contributed by atoms with Gasteiger partial charge in [0.1, 0.15) is 17.2 Å². The van der Waals surface area contributed by atoms with E-state index in [-0.39, 0.29) is 29.6 Å². The number of carbonyl (C=O) groups excluding carboxylic acids is 1. The molecule has 2 aliphatic heterocycles. The lowest BCUT2D eigenvalue weighted by molar-refractivity contribution is -0.384. The van der Waals surface area contributed by atoms with Crippen LogP contribution >= 0.6 is 12.4 Å². The maximum atomic E-state index is 13.1. The van der Waals surface area contributed by atoms with Crippen molar-refractivity contribution in [3.8, 4) is 17.2 Å². The van der Waals surface area contributed by atoms with Crippen molar-refractivity contribution < 1.29 is 19.2 Å². The highest BCUT2D eigenvalue weighted by atomic mass is 35.5. The first-order valence-corrected chi connectivity index (χ1v) is 9.15. The average molecular weight is 420 g/mol. The predicted molar refractivity (Wildman–Crippen MR) is 109 cm³/mol. The van der Waals surface area contributed by atoms with Crippen molar-refractivity contribution in [3.63, 3.8) is 0 Å². The van der Waals surface area contributed by atoms with Gasteiger partial charge in [0.05, 0.1) is 17.6 Å². The summed E-state index contributed by atoms with van der Waals surface area (Å²) >= 11 is 0. The number of rotatable bonds is 5. The molecule has 2 heterocycles. The van der Waals surface area contributed by atoms with Crippen LogP contribution in [0.25, 0.3) is 0 Å². The fourth-order valence-corrected chi connectivity index (χ4v) is 3.85. The van der Waals surface area contributed by atoms with Crippen molar-refractivity contribution in [2.45, 2.75) is 0 Å². The first kappa shape index (κ1) is 20.9. The number of methoxy groups -OCH3 is 1. The zero-order chi connectivity index (χ0) is 19.7. The minimum Gasteiger partial charge on any atom is -0.497 e. The number of nitrogens with zero attached hydrogens (tertiary/aromatic N) is 2. The van der Waals surface area contributed by atoms with E-state index in [4.69, 9.17) is 9.47 Å². The molecule has 9 heteroatoms. The van der Waals surface area contributed by atoms with Crippen LogP contribution in [0.15, 0.2) is 42.5 Å². The van der Waals surface area contributed by atoms with E-state index in [1.165, 1.54) is 18.2 Å². The van der Waals surface area contributed by atoms with E-state index in [9.17, 15) is 14.9 Å². The molecule has 0 unspecified atom stereocenters. The number of hydrogen-bond donors (Lipinski definition) is 1. The Morgan fingerprint density at radius 2 is 1.72 bits per heavy atom. The Kier molecular flexibility index (Phi) is 6.24. The Morgan fingerprint density at radius 3 is 2.31 bits per heavy atom. The molecule has 0 radical (unpaired) electrons. The van der Waals surface area contributed by atoms with Gasteiger partial charge in [-0.05, 0) is 42.2 Å². The van der Waals surface area contributed by atoms with Crippen LogP contribution in [-0.2, 0) is 0 Å². The first-order valence-electron chi connectivity index (χ1n) is 9.15. The van der Waals surface area contributed by atoms with E-state index in [1.54, 1.807) is 36.3 Å². The van der Waals surface area contributed by atoms with Gasteiger partial charge in [-0.25, -0.2) is 0 Å². The van der Waals surface area contributed by atoms with Gasteiger partial charge in [-0.3, -0.25) is 14.9 Å². The molecule has 1 amide bonds. The van der Waals surface area contributed by atoms with Crippen LogP contribution in [0, 0.1) is 22.0 Å². The highest BCUT2D eigenvalue weighted by Gasteiger charge is 2.39. The zero-order valence-corrected chi connectivity index (χ0v) is 16.7. The third-order valence-electron chi connectivity index (χ3n) is 5.37. The summed E-state index contributed by atoms with van der Waals surface area (Å²) in [6, 6.07) is 11.1. The molecule has 0 spiro atoms. The molecular formula is C20H22ClN3O5. The maximum Gasteiger partial charge on any atom is 0.270 e. The number of halogens is 1. The molecule has 2 aromatic carbocycles. The largest absolute Gasteiger partial charge is 0.497 e. The summed E-state index contributed by atoms with van der Waals surface area (Å²) in [6.07, 6.45) is 0. The van der Waals surface area contributed by atoms with Gasteiger partial charge in [-0.2, -0.15) is 0 Å². The number of nitro groups is 1. The van der Waals surface area contributed by atoms with Crippen LogP contribution < -0.4 is 14.8 Å². The number of non-ortho nitro benzene ring substituents is 1. The fraction of sp³-hybridized carbons (Fsp3) is 0.350. The highest BCUT2D eigenvalue weighted by Crippen LogP contribution is 2.33. The summed E-state index contributed by atoms with van der Waals surface area (Å²) in [4.78, 5) is 25.6. The predicted octanol–water partition coefficient (Wildman–Crippen LogP) is 3.11. The van der Waals surface area contributed by atoms with E-state index in [0.717, 1.165) is 13.1 Å². The van der Waals surface area contributed by atoms with Gasteiger partial charge in [-0.1, -0.05) is 0 Å². The normalized spacial score (nSPS) is 20.0. The molecular weight excluding hydrogens is 398 g/mol. The van der Waals surface area contributed by atoms with Crippen LogP contribution in [0.2, 0.25) is 0 Å². The molecule has 2 atom stereocenters. The SMILES string of the molecule is COc1ccc(Oc2ccc([N+](=O)[O-])cc2C(=O)N2C[C@H]3CNC[C@H]3C2)cc1.Cl. The Hall–Kier alpha value is -2.84. The monoisotopic (exact) mass is 419 g/mol. The summed E-state index contributed by atoms with van der Waals surface area (Å²) in [5.74, 6) is 2.15. The molecule has 4 rings (SSSR count). The molecule has 1 N–H and O–H groups in total.